The Labute approximate surface area is 94.7 Å². The molecule has 4 nitrogen and oxygen atoms in total. The third-order valence-corrected chi connectivity index (χ3v) is 3.89. The number of benzene rings is 1. The highest BCUT2D eigenvalue weighted by Gasteiger charge is 2.18. The van der Waals surface area contributed by atoms with Crippen molar-refractivity contribution in [3.8, 4) is 0 Å². The van der Waals surface area contributed by atoms with Crippen LogP contribution in [-0.4, -0.2) is 21.0 Å². The molecule has 1 rings (SSSR count). The van der Waals surface area contributed by atoms with E-state index >= 15 is 0 Å². The van der Waals surface area contributed by atoms with Crippen LogP contribution in [0.2, 0.25) is 0 Å². The summed E-state index contributed by atoms with van der Waals surface area (Å²) in [5, 5.41) is 0. The normalized spacial score (nSPS) is 13.8. The highest BCUT2D eigenvalue weighted by atomic mass is 32.2. The van der Waals surface area contributed by atoms with E-state index in [1.807, 2.05) is 0 Å². The van der Waals surface area contributed by atoms with Crippen LogP contribution >= 0.6 is 0 Å². The van der Waals surface area contributed by atoms with Crippen molar-refractivity contribution in [1.82, 2.24) is 4.72 Å². The van der Waals surface area contributed by atoms with Gasteiger partial charge in [0, 0.05) is 12.6 Å². The molecule has 0 saturated heterocycles. The maximum atomic E-state index is 12.8. The molecule has 0 heterocycles. The Hall–Kier alpha value is -0.980. The monoisotopic (exact) mass is 246 g/mol. The lowest BCUT2D eigenvalue weighted by Gasteiger charge is -2.13. The first-order valence-electron chi connectivity index (χ1n) is 4.85. The standard InChI is InChI=1S/C10H15FN2O2S/c1-7-5-9(11)3-4-10(7)16(14,15)13-8(2)6-12/h3-5,8,13H,6,12H2,1-2H3. The fraction of sp³-hybridized carbons (Fsp3) is 0.400. The summed E-state index contributed by atoms with van der Waals surface area (Å²) in [6.45, 7) is 3.42. The maximum absolute atomic E-state index is 12.8. The van der Waals surface area contributed by atoms with Crippen molar-refractivity contribution < 1.29 is 12.8 Å². The first-order chi connectivity index (χ1) is 7.36. The predicted octanol–water partition coefficient (Wildman–Crippen LogP) is 0.760. The van der Waals surface area contributed by atoms with Crippen LogP contribution in [-0.2, 0) is 10.0 Å². The van der Waals surface area contributed by atoms with Crippen LogP contribution in [0.3, 0.4) is 0 Å². The van der Waals surface area contributed by atoms with E-state index in [0.29, 0.717) is 5.56 Å². The van der Waals surface area contributed by atoms with Gasteiger partial charge in [-0.1, -0.05) is 0 Å². The van der Waals surface area contributed by atoms with Crippen molar-refractivity contribution in [2.45, 2.75) is 24.8 Å². The number of halogens is 1. The smallest absolute Gasteiger partial charge is 0.241 e. The minimum absolute atomic E-state index is 0.0780. The summed E-state index contributed by atoms with van der Waals surface area (Å²) >= 11 is 0. The van der Waals surface area contributed by atoms with Crippen molar-refractivity contribution in [2.24, 2.45) is 5.73 Å². The first-order valence-corrected chi connectivity index (χ1v) is 6.33. The summed E-state index contributed by atoms with van der Waals surface area (Å²) < 4.78 is 38.9. The summed E-state index contributed by atoms with van der Waals surface area (Å²) in [6, 6.07) is 3.20. The lowest BCUT2D eigenvalue weighted by Crippen LogP contribution is -2.38. The molecule has 0 fully saturated rings. The third kappa shape index (κ3) is 3.01. The summed E-state index contributed by atoms with van der Waals surface area (Å²) in [6.07, 6.45) is 0. The van der Waals surface area contributed by atoms with E-state index < -0.39 is 15.8 Å². The highest BCUT2D eigenvalue weighted by molar-refractivity contribution is 7.89. The molecule has 0 aliphatic heterocycles. The van der Waals surface area contributed by atoms with Crippen LogP contribution in [0.25, 0.3) is 0 Å². The highest BCUT2D eigenvalue weighted by Crippen LogP contribution is 2.16. The quantitative estimate of drug-likeness (QED) is 0.823. The van der Waals surface area contributed by atoms with Gasteiger partial charge in [-0.05, 0) is 37.6 Å². The molecule has 0 aliphatic carbocycles. The van der Waals surface area contributed by atoms with E-state index in [-0.39, 0.29) is 17.5 Å². The molecule has 1 aromatic rings. The minimum Gasteiger partial charge on any atom is -0.329 e. The van der Waals surface area contributed by atoms with Crippen LogP contribution in [0.15, 0.2) is 23.1 Å². The van der Waals surface area contributed by atoms with E-state index in [4.69, 9.17) is 5.73 Å². The van der Waals surface area contributed by atoms with Crippen molar-refractivity contribution in [2.75, 3.05) is 6.54 Å². The second kappa shape index (κ2) is 4.90. The van der Waals surface area contributed by atoms with Gasteiger partial charge >= 0.3 is 0 Å². The Kier molecular flexibility index (Phi) is 4.01. The SMILES string of the molecule is Cc1cc(F)ccc1S(=O)(=O)NC(C)CN. The van der Waals surface area contributed by atoms with Gasteiger partial charge in [0.1, 0.15) is 5.82 Å². The van der Waals surface area contributed by atoms with Crippen LogP contribution in [0.4, 0.5) is 4.39 Å². The lowest BCUT2D eigenvalue weighted by atomic mass is 10.2. The number of nitrogens with one attached hydrogen (secondary N) is 1. The van der Waals surface area contributed by atoms with Gasteiger partial charge in [0.15, 0.2) is 0 Å². The maximum Gasteiger partial charge on any atom is 0.241 e. The summed E-state index contributed by atoms with van der Waals surface area (Å²) in [5.41, 5.74) is 5.70. The molecular weight excluding hydrogens is 231 g/mol. The Balaban J connectivity index is 3.08. The Morgan fingerprint density at radius 1 is 1.50 bits per heavy atom. The molecule has 3 N–H and O–H groups in total. The van der Waals surface area contributed by atoms with Gasteiger partial charge in [-0.2, -0.15) is 0 Å². The number of rotatable bonds is 4. The van der Waals surface area contributed by atoms with Crippen molar-refractivity contribution in [3.63, 3.8) is 0 Å². The molecule has 0 saturated carbocycles. The van der Waals surface area contributed by atoms with Crippen LogP contribution in [0, 0.1) is 12.7 Å². The molecule has 0 bridgehead atoms. The van der Waals surface area contributed by atoms with Crippen LogP contribution in [0.5, 0.6) is 0 Å². The topological polar surface area (TPSA) is 72.2 Å². The minimum atomic E-state index is -3.62. The van der Waals surface area contributed by atoms with E-state index in [9.17, 15) is 12.8 Å². The Morgan fingerprint density at radius 3 is 2.62 bits per heavy atom. The van der Waals surface area contributed by atoms with Gasteiger partial charge in [-0.15, -0.1) is 0 Å². The largest absolute Gasteiger partial charge is 0.329 e. The molecule has 6 heteroatoms. The second-order valence-electron chi connectivity index (χ2n) is 3.67. The first kappa shape index (κ1) is 13.1. The van der Waals surface area contributed by atoms with Crippen LogP contribution in [0.1, 0.15) is 12.5 Å². The van der Waals surface area contributed by atoms with Gasteiger partial charge in [0.05, 0.1) is 4.90 Å². The predicted molar refractivity (Wildman–Crippen MR) is 60.0 cm³/mol. The lowest BCUT2D eigenvalue weighted by molar-refractivity contribution is 0.561. The van der Waals surface area contributed by atoms with Gasteiger partial charge < -0.3 is 5.73 Å². The number of hydrogen-bond acceptors (Lipinski definition) is 3. The van der Waals surface area contributed by atoms with E-state index in [1.54, 1.807) is 13.8 Å². The molecule has 0 amide bonds. The molecule has 0 aromatic heterocycles. The van der Waals surface area contributed by atoms with Gasteiger partial charge in [-0.3, -0.25) is 0 Å². The molecule has 0 aliphatic rings. The molecule has 0 radical (unpaired) electrons. The zero-order chi connectivity index (χ0) is 12.3. The zero-order valence-electron chi connectivity index (χ0n) is 9.20. The zero-order valence-corrected chi connectivity index (χ0v) is 10.0. The summed E-state index contributed by atoms with van der Waals surface area (Å²) in [4.78, 5) is 0.0780. The fourth-order valence-corrected chi connectivity index (χ4v) is 2.77. The molecule has 1 atom stereocenters. The average Bonchev–Trinajstić information content (AvgIpc) is 2.16. The molecule has 16 heavy (non-hydrogen) atoms. The molecule has 1 aromatic carbocycles. The Morgan fingerprint density at radius 2 is 2.12 bits per heavy atom. The van der Waals surface area contributed by atoms with Crippen molar-refractivity contribution in [1.29, 1.82) is 0 Å². The summed E-state index contributed by atoms with van der Waals surface area (Å²) in [5.74, 6) is -0.455. The second-order valence-corrected chi connectivity index (χ2v) is 5.35. The van der Waals surface area contributed by atoms with E-state index in [2.05, 4.69) is 4.72 Å². The van der Waals surface area contributed by atoms with Crippen molar-refractivity contribution >= 4 is 10.0 Å². The third-order valence-electron chi connectivity index (χ3n) is 2.14. The Bertz CT molecular complexity index is 474. The summed E-state index contributed by atoms with van der Waals surface area (Å²) in [7, 11) is -3.62. The molecule has 0 spiro atoms. The molecule has 1 unspecified atom stereocenters. The van der Waals surface area contributed by atoms with Gasteiger partial charge in [-0.25, -0.2) is 17.5 Å². The number of nitrogens with two attached hydrogens (primary N) is 1. The van der Waals surface area contributed by atoms with Gasteiger partial charge in [0.2, 0.25) is 10.0 Å². The molecule has 90 valence electrons. The number of aryl methyl sites for hydroxylation is 1. The average molecular weight is 246 g/mol. The number of hydrogen-bond donors (Lipinski definition) is 2. The van der Waals surface area contributed by atoms with Crippen LogP contribution < -0.4 is 10.5 Å². The van der Waals surface area contributed by atoms with Crippen molar-refractivity contribution in [3.05, 3.63) is 29.6 Å². The molecular formula is C10H15FN2O2S. The van der Waals surface area contributed by atoms with Gasteiger partial charge in [0.25, 0.3) is 0 Å². The fourth-order valence-electron chi connectivity index (χ4n) is 1.29. The van der Waals surface area contributed by atoms with E-state index in [0.717, 1.165) is 6.07 Å². The van der Waals surface area contributed by atoms with E-state index in [1.165, 1.54) is 12.1 Å². The number of sulfonamides is 1.